The summed E-state index contributed by atoms with van der Waals surface area (Å²) in [5, 5.41) is 0.709. The summed E-state index contributed by atoms with van der Waals surface area (Å²) in [5.74, 6) is 0. The molecule has 0 fully saturated rings. The Kier molecular flexibility index (Phi) is 2.81. The van der Waals surface area contributed by atoms with Crippen LogP contribution in [-0.4, -0.2) is 4.40 Å². The molecule has 3 heteroatoms. The Morgan fingerprint density at radius 2 is 1.29 bits per heavy atom. The quantitative estimate of drug-likeness (QED) is 0.619. The Balaban J connectivity index is 2.75. The first-order valence-corrected chi connectivity index (χ1v) is 7.28. The molecule has 0 aliphatic rings. The third kappa shape index (κ3) is 1.57. The Labute approximate surface area is 124 Å². The predicted octanol–water partition coefficient (Wildman–Crippen LogP) is 4.20. The van der Waals surface area contributed by atoms with Crippen molar-refractivity contribution in [3.8, 4) is 0 Å². The summed E-state index contributed by atoms with van der Waals surface area (Å²) in [5.41, 5.74) is 9.02. The van der Waals surface area contributed by atoms with E-state index in [1.807, 2.05) is 34.6 Å². The molecular weight excluding hydrogens is 262 g/mol. The van der Waals surface area contributed by atoms with Crippen molar-refractivity contribution in [1.82, 2.24) is 4.40 Å². The van der Waals surface area contributed by atoms with Crippen molar-refractivity contribution in [2.75, 3.05) is 0 Å². The van der Waals surface area contributed by atoms with Gasteiger partial charge in [-0.1, -0.05) is 0 Å². The number of nitrogens with zero attached hydrogens (tertiary/aromatic N) is 1. The fourth-order valence-corrected chi connectivity index (χ4v) is 3.16. The maximum Gasteiger partial charge on any atom is 0.269 e. The van der Waals surface area contributed by atoms with E-state index in [2.05, 4.69) is 13.8 Å². The van der Waals surface area contributed by atoms with E-state index in [0.717, 1.165) is 33.5 Å². The van der Waals surface area contributed by atoms with E-state index < -0.39 is 0 Å². The standard InChI is InChI=1S/C18H21NO2/c1-8-9(2)12(5)16-15(11(8)4)17(20)19-14(7)10(3)13(6)18(19)21-16/h1-7H3. The Bertz CT molecular complexity index is 971. The van der Waals surface area contributed by atoms with Crippen molar-refractivity contribution in [2.24, 2.45) is 0 Å². The summed E-state index contributed by atoms with van der Waals surface area (Å²) < 4.78 is 7.89. The summed E-state index contributed by atoms with van der Waals surface area (Å²) in [4.78, 5) is 13.0. The Hall–Kier alpha value is -2.03. The summed E-state index contributed by atoms with van der Waals surface area (Å²) in [6, 6.07) is 0. The van der Waals surface area contributed by atoms with Gasteiger partial charge < -0.3 is 4.42 Å². The molecule has 0 aliphatic carbocycles. The highest BCUT2D eigenvalue weighted by Gasteiger charge is 2.20. The molecule has 0 radical (unpaired) electrons. The van der Waals surface area contributed by atoms with Crippen LogP contribution >= 0.6 is 0 Å². The molecule has 1 aromatic carbocycles. The predicted molar refractivity (Wildman–Crippen MR) is 86.6 cm³/mol. The highest BCUT2D eigenvalue weighted by atomic mass is 16.3. The van der Waals surface area contributed by atoms with Crippen molar-refractivity contribution < 1.29 is 4.42 Å². The fourth-order valence-electron chi connectivity index (χ4n) is 3.16. The van der Waals surface area contributed by atoms with E-state index in [4.69, 9.17) is 4.42 Å². The number of hydrogen-bond donors (Lipinski definition) is 0. The largest absolute Gasteiger partial charge is 0.439 e. The molecule has 0 unspecified atom stereocenters. The minimum absolute atomic E-state index is 0.0312. The lowest BCUT2D eigenvalue weighted by Gasteiger charge is -2.13. The second kappa shape index (κ2) is 4.23. The molecule has 0 amide bonds. The first-order chi connectivity index (χ1) is 9.77. The second-order valence-electron chi connectivity index (χ2n) is 6.09. The minimum atomic E-state index is 0.0312. The molecule has 0 spiro atoms. The van der Waals surface area contributed by atoms with Gasteiger partial charge in [-0.05, 0) is 76.3 Å². The van der Waals surface area contributed by atoms with Gasteiger partial charge in [0.15, 0.2) is 0 Å². The zero-order valence-corrected chi connectivity index (χ0v) is 13.8. The van der Waals surface area contributed by atoms with Crippen LogP contribution in [0.25, 0.3) is 16.7 Å². The number of benzene rings is 1. The molecule has 0 saturated heterocycles. The fraction of sp³-hybridized carbons (Fsp3) is 0.389. The lowest BCUT2D eigenvalue weighted by molar-refractivity contribution is 0.619. The summed E-state index contributed by atoms with van der Waals surface area (Å²) >= 11 is 0. The molecule has 21 heavy (non-hydrogen) atoms. The lowest BCUT2D eigenvalue weighted by atomic mass is 9.96. The van der Waals surface area contributed by atoms with Crippen molar-refractivity contribution in [2.45, 2.75) is 48.5 Å². The van der Waals surface area contributed by atoms with Crippen LogP contribution in [-0.2, 0) is 0 Å². The highest BCUT2D eigenvalue weighted by molar-refractivity contribution is 5.86. The average Bonchev–Trinajstić information content (AvgIpc) is 2.67. The number of rotatable bonds is 0. The maximum atomic E-state index is 13.0. The van der Waals surface area contributed by atoms with E-state index in [0.29, 0.717) is 11.1 Å². The third-order valence-corrected chi connectivity index (χ3v) is 5.21. The molecule has 0 aliphatic heterocycles. The van der Waals surface area contributed by atoms with Crippen LogP contribution in [0.2, 0.25) is 0 Å². The lowest BCUT2D eigenvalue weighted by Crippen LogP contribution is -2.16. The molecule has 0 saturated carbocycles. The van der Waals surface area contributed by atoms with Crippen molar-refractivity contribution in [1.29, 1.82) is 0 Å². The molecule has 0 atom stereocenters. The minimum Gasteiger partial charge on any atom is -0.439 e. The van der Waals surface area contributed by atoms with E-state index in [1.165, 1.54) is 11.1 Å². The van der Waals surface area contributed by atoms with Crippen LogP contribution < -0.4 is 5.56 Å². The Morgan fingerprint density at radius 1 is 0.714 bits per heavy atom. The number of aromatic nitrogens is 1. The first-order valence-electron chi connectivity index (χ1n) is 7.28. The van der Waals surface area contributed by atoms with E-state index >= 15 is 0 Å². The van der Waals surface area contributed by atoms with E-state index in [-0.39, 0.29) is 5.56 Å². The van der Waals surface area contributed by atoms with Gasteiger partial charge in [0.2, 0.25) is 5.71 Å². The molecule has 2 heterocycles. The number of aryl methyl sites for hydroxylation is 4. The van der Waals surface area contributed by atoms with Crippen molar-refractivity contribution in [3.63, 3.8) is 0 Å². The van der Waals surface area contributed by atoms with Crippen molar-refractivity contribution >= 4 is 16.7 Å². The molecular formula is C18H21NO2. The summed E-state index contributed by atoms with van der Waals surface area (Å²) in [7, 11) is 0. The highest BCUT2D eigenvalue weighted by Crippen LogP contribution is 2.30. The molecule has 3 rings (SSSR count). The van der Waals surface area contributed by atoms with Crippen molar-refractivity contribution in [3.05, 3.63) is 49.4 Å². The number of hydrogen-bond acceptors (Lipinski definition) is 2. The topological polar surface area (TPSA) is 34.6 Å². The average molecular weight is 283 g/mol. The van der Waals surface area contributed by atoms with Gasteiger partial charge in [0, 0.05) is 11.3 Å². The van der Waals surface area contributed by atoms with Gasteiger partial charge in [0.25, 0.3) is 5.56 Å². The smallest absolute Gasteiger partial charge is 0.269 e. The van der Waals surface area contributed by atoms with Crippen LogP contribution in [0.1, 0.15) is 39.1 Å². The van der Waals surface area contributed by atoms with Crippen LogP contribution in [0, 0.1) is 48.5 Å². The van der Waals surface area contributed by atoms with Gasteiger partial charge in [-0.2, -0.15) is 0 Å². The first kappa shape index (κ1) is 13.9. The normalized spacial score (nSPS) is 11.8. The molecule has 110 valence electrons. The monoisotopic (exact) mass is 283 g/mol. The summed E-state index contributed by atoms with van der Waals surface area (Å²) in [6.45, 7) is 14.2. The molecule has 3 aromatic rings. The zero-order valence-electron chi connectivity index (χ0n) is 13.8. The molecule has 0 N–H and O–H groups in total. The molecule has 3 nitrogen and oxygen atoms in total. The van der Waals surface area contributed by atoms with Gasteiger partial charge >= 0.3 is 0 Å². The van der Waals surface area contributed by atoms with Crippen LogP contribution in [0.5, 0.6) is 0 Å². The maximum absolute atomic E-state index is 13.0. The summed E-state index contributed by atoms with van der Waals surface area (Å²) in [6.07, 6.45) is 0. The van der Waals surface area contributed by atoms with Crippen LogP contribution in [0.3, 0.4) is 0 Å². The van der Waals surface area contributed by atoms with Crippen LogP contribution in [0.4, 0.5) is 0 Å². The van der Waals surface area contributed by atoms with Gasteiger partial charge in [0.1, 0.15) is 5.58 Å². The van der Waals surface area contributed by atoms with Gasteiger partial charge in [0.05, 0.1) is 5.39 Å². The van der Waals surface area contributed by atoms with Gasteiger partial charge in [-0.25, -0.2) is 4.40 Å². The third-order valence-electron chi connectivity index (χ3n) is 5.21. The molecule has 0 bridgehead atoms. The van der Waals surface area contributed by atoms with E-state index in [9.17, 15) is 4.79 Å². The van der Waals surface area contributed by atoms with Crippen LogP contribution in [0.15, 0.2) is 9.21 Å². The Morgan fingerprint density at radius 3 is 1.90 bits per heavy atom. The zero-order chi connectivity index (χ0) is 15.6. The van der Waals surface area contributed by atoms with Gasteiger partial charge in [-0.3, -0.25) is 4.79 Å². The van der Waals surface area contributed by atoms with E-state index in [1.54, 1.807) is 4.40 Å². The number of fused-ring (bicyclic) bond motifs is 2. The second-order valence-corrected chi connectivity index (χ2v) is 6.09. The molecule has 2 aromatic heterocycles. The SMILES string of the molecule is Cc1c(C)c(C)c2c(=O)n3c(C)c(C)c(C)c3oc2c1C. The van der Waals surface area contributed by atoms with Gasteiger partial charge in [-0.15, -0.1) is 0 Å².